The van der Waals surface area contributed by atoms with Crippen LogP contribution in [0.3, 0.4) is 0 Å². The first-order valence-corrected chi connectivity index (χ1v) is 9.10. The van der Waals surface area contributed by atoms with Gasteiger partial charge in [-0.1, -0.05) is 0 Å². The number of amides is 1. The highest BCUT2D eigenvalue weighted by atomic mass is 19.1. The standard InChI is InChI=1S/C19H23F2N4O3/c20-13-7-14(21)9-15(8-13)24-18(27)17(28-12-19(11-26)1-2-19)16(10-22)25-5-3-23-4-6-25/h7-10,22,26H,1-6,11-12H2,(H,24,27)/q-1/b17-16-,22-10?. The van der Waals surface area contributed by atoms with Crippen LogP contribution in [0.1, 0.15) is 12.8 Å². The number of halogens is 2. The minimum absolute atomic E-state index is 0.0510. The third-order valence-electron chi connectivity index (χ3n) is 4.91. The summed E-state index contributed by atoms with van der Waals surface area (Å²) in [4.78, 5) is 14.7. The van der Waals surface area contributed by atoms with Crippen LogP contribution >= 0.6 is 0 Å². The fraction of sp³-hybridized carbons (Fsp3) is 0.474. The lowest BCUT2D eigenvalue weighted by Crippen LogP contribution is -2.36. The molecule has 1 saturated heterocycles. The zero-order valence-electron chi connectivity index (χ0n) is 15.4. The molecular weight excluding hydrogens is 370 g/mol. The van der Waals surface area contributed by atoms with Crippen LogP contribution < -0.4 is 5.32 Å². The number of nitrogens with zero attached hydrogens (tertiary/aromatic N) is 2. The lowest BCUT2D eigenvalue weighted by molar-refractivity contribution is -0.116. The molecular formula is C19H23F2N4O3-. The average molecular weight is 393 g/mol. The number of carbonyl (C=O) groups is 1. The van der Waals surface area contributed by atoms with Gasteiger partial charge in [-0.25, -0.2) is 8.78 Å². The molecule has 0 atom stereocenters. The molecule has 1 aliphatic carbocycles. The van der Waals surface area contributed by atoms with Gasteiger partial charge in [0.2, 0.25) is 5.76 Å². The number of benzene rings is 1. The minimum atomic E-state index is -0.816. The number of anilines is 1. The van der Waals surface area contributed by atoms with E-state index in [1.54, 1.807) is 0 Å². The van der Waals surface area contributed by atoms with E-state index in [2.05, 4.69) is 10.6 Å². The van der Waals surface area contributed by atoms with Gasteiger partial charge in [0, 0.05) is 23.4 Å². The average Bonchev–Trinajstić information content (AvgIpc) is 3.45. The molecule has 0 unspecified atom stereocenters. The first-order chi connectivity index (χ1) is 13.5. The van der Waals surface area contributed by atoms with Crippen molar-refractivity contribution in [2.45, 2.75) is 12.8 Å². The quantitative estimate of drug-likeness (QED) is 0.358. The minimum Gasteiger partial charge on any atom is -0.659 e. The number of ether oxygens (including phenoxy) is 1. The second-order valence-corrected chi connectivity index (χ2v) is 7.08. The highest BCUT2D eigenvalue weighted by Gasteiger charge is 2.43. The highest BCUT2D eigenvalue weighted by molar-refractivity contribution is 6.05. The van der Waals surface area contributed by atoms with Crippen molar-refractivity contribution in [3.8, 4) is 0 Å². The van der Waals surface area contributed by atoms with Crippen LogP contribution in [0.2, 0.25) is 0 Å². The summed E-state index contributed by atoms with van der Waals surface area (Å²) in [7, 11) is 0. The van der Waals surface area contributed by atoms with E-state index in [4.69, 9.17) is 10.1 Å². The van der Waals surface area contributed by atoms with Gasteiger partial charge < -0.3 is 30.8 Å². The molecule has 0 spiro atoms. The second kappa shape index (κ2) is 8.66. The molecule has 9 heteroatoms. The van der Waals surface area contributed by atoms with Gasteiger partial charge in [-0.15, -0.1) is 13.1 Å². The zero-order chi connectivity index (χ0) is 20.1. The van der Waals surface area contributed by atoms with Gasteiger partial charge in [0.05, 0.1) is 13.2 Å². The van der Waals surface area contributed by atoms with Gasteiger partial charge >= 0.3 is 0 Å². The molecule has 1 aliphatic heterocycles. The number of nitrogens with one attached hydrogen (secondary N) is 2. The number of piperazine rings is 1. The lowest BCUT2D eigenvalue weighted by atomic mass is 10.1. The maximum absolute atomic E-state index is 13.4. The molecule has 0 radical (unpaired) electrons. The summed E-state index contributed by atoms with van der Waals surface area (Å²) in [5, 5.41) is 24.0. The third-order valence-corrected chi connectivity index (χ3v) is 4.91. The number of hydrogen-bond donors (Lipinski definition) is 3. The number of allylic oxidation sites excluding steroid dienone is 1. The molecule has 0 aromatic heterocycles. The van der Waals surface area contributed by atoms with Crippen LogP contribution in [-0.2, 0) is 9.53 Å². The predicted molar refractivity (Wildman–Crippen MR) is 100 cm³/mol. The molecule has 3 rings (SSSR count). The zero-order valence-corrected chi connectivity index (χ0v) is 15.4. The van der Waals surface area contributed by atoms with Crippen molar-refractivity contribution in [2.24, 2.45) is 5.41 Å². The van der Waals surface area contributed by atoms with Gasteiger partial charge in [0.1, 0.15) is 17.3 Å². The SMILES string of the molecule is N=C/C(=C(/OCC1(CO)CC1)C(=O)Nc1cc(F)cc(F)c1)N1CC[N-]CC1. The Hall–Kier alpha value is -2.52. The molecule has 152 valence electrons. The third kappa shape index (κ3) is 4.85. The van der Waals surface area contributed by atoms with Crippen molar-refractivity contribution >= 4 is 17.8 Å². The van der Waals surface area contributed by atoms with E-state index >= 15 is 0 Å². The molecule has 1 heterocycles. The number of rotatable bonds is 8. The van der Waals surface area contributed by atoms with E-state index in [0.717, 1.165) is 31.2 Å². The molecule has 1 amide bonds. The van der Waals surface area contributed by atoms with E-state index < -0.39 is 17.5 Å². The largest absolute Gasteiger partial charge is 0.659 e. The first kappa shape index (κ1) is 20.2. The summed E-state index contributed by atoms with van der Waals surface area (Å²) in [5.41, 5.74) is -0.149. The van der Waals surface area contributed by atoms with E-state index in [1.807, 2.05) is 4.90 Å². The van der Waals surface area contributed by atoms with E-state index in [9.17, 15) is 18.7 Å². The van der Waals surface area contributed by atoms with Crippen molar-refractivity contribution in [3.05, 3.63) is 46.6 Å². The number of carbonyl (C=O) groups excluding carboxylic acids is 1. The number of aliphatic hydroxyl groups excluding tert-OH is 1. The fourth-order valence-corrected chi connectivity index (χ4v) is 2.97. The van der Waals surface area contributed by atoms with Crippen LogP contribution in [-0.4, -0.2) is 61.5 Å². The number of hydrogen-bond acceptors (Lipinski definition) is 5. The maximum Gasteiger partial charge on any atom is 0.293 e. The lowest BCUT2D eigenvalue weighted by Gasteiger charge is -2.37. The molecule has 0 bridgehead atoms. The van der Waals surface area contributed by atoms with Crippen LogP contribution in [0, 0.1) is 22.5 Å². The molecule has 7 nitrogen and oxygen atoms in total. The Morgan fingerprint density at radius 2 is 1.93 bits per heavy atom. The van der Waals surface area contributed by atoms with Crippen LogP contribution in [0.15, 0.2) is 29.7 Å². The first-order valence-electron chi connectivity index (χ1n) is 9.10. The molecule has 3 N–H and O–H groups in total. The van der Waals surface area contributed by atoms with Gasteiger partial charge in [-0.05, 0) is 38.1 Å². The van der Waals surface area contributed by atoms with Gasteiger partial charge in [0.15, 0.2) is 0 Å². The summed E-state index contributed by atoms with van der Waals surface area (Å²) in [6.07, 6.45) is 2.61. The van der Waals surface area contributed by atoms with E-state index in [1.165, 1.54) is 0 Å². The Balaban J connectivity index is 1.86. The fourth-order valence-electron chi connectivity index (χ4n) is 2.97. The summed E-state index contributed by atoms with van der Waals surface area (Å²) < 4.78 is 32.6. The summed E-state index contributed by atoms with van der Waals surface area (Å²) >= 11 is 0. The molecule has 1 saturated carbocycles. The topological polar surface area (TPSA) is 99.8 Å². The summed E-state index contributed by atoms with van der Waals surface area (Å²) in [5.74, 6) is -2.45. The summed E-state index contributed by atoms with van der Waals surface area (Å²) in [6.45, 7) is 2.28. The molecule has 28 heavy (non-hydrogen) atoms. The Morgan fingerprint density at radius 3 is 2.46 bits per heavy atom. The van der Waals surface area contributed by atoms with Crippen LogP contribution in [0.4, 0.5) is 14.5 Å². The second-order valence-electron chi connectivity index (χ2n) is 7.08. The monoisotopic (exact) mass is 393 g/mol. The highest BCUT2D eigenvalue weighted by Crippen LogP contribution is 2.45. The molecule has 2 aliphatic rings. The molecule has 2 fully saturated rings. The van der Waals surface area contributed by atoms with Crippen molar-refractivity contribution in [2.75, 3.05) is 44.7 Å². The van der Waals surface area contributed by atoms with Crippen LogP contribution in [0.25, 0.3) is 5.32 Å². The Labute approximate surface area is 161 Å². The predicted octanol–water partition coefficient (Wildman–Crippen LogP) is 2.24. The van der Waals surface area contributed by atoms with E-state index in [0.29, 0.717) is 32.2 Å². The van der Waals surface area contributed by atoms with Gasteiger partial charge in [-0.3, -0.25) is 4.79 Å². The van der Waals surface area contributed by atoms with Crippen LogP contribution in [0.5, 0.6) is 0 Å². The van der Waals surface area contributed by atoms with Gasteiger partial charge in [-0.2, -0.15) is 0 Å². The maximum atomic E-state index is 13.4. The molecule has 1 aromatic rings. The van der Waals surface area contributed by atoms with E-state index in [-0.39, 0.29) is 35.8 Å². The van der Waals surface area contributed by atoms with Gasteiger partial charge in [0.25, 0.3) is 5.91 Å². The molecule has 1 aromatic carbocycles. The Bertz CT molecular complexity index is 754. The smallest absolute Gasteiger partial charge is 0.293 e. The summed E-state index contributed by atoms with van der Waals surface area (Å²) in [6, 6.07) is 2.71. The van der Waals surface area contributed by atoms with Crippen molar-refractivity contribution in [1.82, 2.24) is 4.90 Å². The normalized spacial score (nSPS) is 18.9. The Kier molecular flexibility index (Phi) is 6.25. The number of aliphatic hydroxyl groups is 1. The van der Waals surface area contributed by atoms with Crippen molar-refractivity contribution in [1.29, 1.82) is 5.41 Å². The van der Waals surface area contributed by atoms with Crippen molar-refractivity contribution < 1.29 is 23.4 Å². The Morgan fingerprint density at radius 1 is 1.29 bits per heavy atom. The van der Waals surface area contributed by atoms with Crippen molar-refractivity contribution in [3.63, 3.8) is 0 Å².